The first-order valence-corrected chi connectivity index (χ1v) is 13.2. The van der Waals surface area contributed by atoms with E-state index in [0.717, 1.165) is 37.3 Å². The number of benzene rings is 1. The molecule has 1 amide bonds. The van der Waals surface area contributed by atoms with E-state index in [-0.39, 0.29) is 34.6 Å². The van der Waals surface area contributed by atoms with Gasteiger partial charge in [0.2, 0.25) is 0 Å². The molecule has 4 rings (SSSR count). The Hall–Kier alpha value is -1.25. The molecule has 0 aliphatic carbocycles. The van der Waals surface area contributed by atoms with Crippen LogP contribution < -0.4 is 9.80 Å². The van der Waals surface area contributed by atoms with Crippen molar-refractivity contribution >= 4 is 55.6 Å². The topological polar surface area (TPSA) is 70.0 Å². The van der Waals surface area contributed by atoms with Gasteiger partial charge in [0.15, 0.2) is 15.0 Å². The second-order valence-corrected chi connectivity index (χ2v) is 12.0. The van der Waals surface area contributed by atoms with Gasteiger partial charge in [0.25, 0.3) is 5.91 Å². The third-order valence-electron chi connectivity index (χ3n) is 5.66. The zero-order chi connectivity index (χ0) is 20.8. The van der Waals surface area contributed by atoms with Crippen molar-refractivity contribution in [1.29, 1.82) is 0 Å². The van der Waals surface area contributed by atoms with Crippen molar-refractivity contribution in [3.63, 3.8) is 0 Å². The lowest BCUT2D eigenvalue weighted by Crippen LogP contribution is -2.40. The van der Waals surface area contributed by atoms with Crippen LogP contribution in [0, 0.1) is 5.92 Å². The summed E-state index contributed by atoms with van der Waals surface area (Å²) in [6, 6.07) is 5.50. The molecule has 0 bridgehead atoms. The summed E-state index contributed by atoms with van der Waals surface area (Å²) < 4.78 is 24.6. The number of anilines is 2. The maximum atomic E-state index is 12.4. The zero-order valence-electron chi connectivity index (χ0n) is 16.7. The van der Waals surface area contributed by atoms with E-state index in [2.05, 4.69) is 9.89 Å². The summed E-state index contributed by atoms with van der Waals surface area (Å²) in [5.74, 6) is -0.183. The van der Waals surface area contributed by atoms with Gasteiger partial charge >= 0.3 is 0 Å². The van der Waals surface area contributed by atoms with Gasteiger partial charge in [0, 0.05) is 29.3 Å². The number of thioether (sulfide) groups is 1. The second kappa shape index (κ2) is 8.12. The monoisotopic (exact) mass is 455 g/mol. The standard InChI is InChI=1S/C20H26ClN3O3S2/c1-13(2)19(25)22-20-24(17-11-29(26,27)12-18(17)28-20)15-7-6-14(21)10-16(15)23-8-4-3-5-9-23/h6-7,10,13,17-18H,3-5,8-9,11-12H2,1-2H3/t17-,18+/m1/s1. The molecule has 0 spiro atoms. The van der Waals surface area contributed by atoms with Crippen LogP contribution in [0.15, 0.2) is 23.2 Å². The first kappa shape index (κ1) is 21.0. The number of hydrogen-bond acceptors (Lipinski definition) is 5. The van der Waals surface area contributed by atoms with Crippen LogP contribution in [-0.2, 0) is 14.6 Å². The highest BCUT2D eigenvalue weighted by molar-refractivity contribution is 8.16. The SMILES string of the molecule is CC(C)C(=O)N=C1S[C@H]2CS(=O)(=O)C[C@H]2N1c1ccc(Cl)cc1N1CCCCC1. The van der Waals surface area contributed by atoms with Crippen molar-refractivity contribution < 1.29 is 13.2 Å². The molecular formula is C20H26ClN3O3S2. The molecule has 2 atom stereocenters. The molecule has 0 radical (unpaired) electrons. The van der Waals surface area contributed by atoms with E-state index in [1.165, 1.54) is 18.2 Å². The van der Waals surface area contributed by atoms with Gasteiger partial charge in [-0.1, -0.05) is 37.2 Å². The molecule has 0 aromatic heterocycles. The number of fused-ring (bicyclic) bond motifs is 1. The van der Waals surface area contributed by atoms with Crippen molar-refractivity contribution in [1.82, 2.24) is 0 Å². The molecule has 29 heavy (non-hydrogen) atoms. The van der Waals surface area contributed by atoms with Gasteiger partial charge in [-0.05, 0) is 37.5 Å². The number of nitrogens with zero attached hydrogens (tertiary/aromatic N) is 3. The lowest BCUT2D eigenvalue weighted by molar-refractivity contribution is -0.120. The number of carbonyl (C=O) groups is 1. The Kier molecular flexibility index (Phi) is 5.88. The van der Waals surface area contributed by atoms with Gasteiger partial charge in [0.1, 0.15) is 0 Å². The lowest BCUT2D eigenvalue weighted by atomic mass is 10.1. The van der Waals surface area contributed by atoms with Gasteiger partial charge in [-0.2, -0.15) is 4.99 Å². The number of carbonyl (C=O) groups excluding carboxylic acids is 1. The smallest absolute Gasteiger partial charge is 0.250 e. The number of piperidine rings is 1. The van der Waals surface area contributed by atoms with Gasteiger partial charge in [-0.3, -0.25) is 4.79 Å². The normalized spacial score (nSPS) is 27.7. The predicted octanol–water partition coefficient (Wildman–Crippen LogP) is 3.59. The Bertz CT molecular complexity index is 942. The number of rotatable bonds is 3. The number of aliphatic imine (C=N–C) groups is 1. The van der Waals surface area contributed by atoms with Crippen LogP contribution in [-0.4, -0.2) is 55.4 Å². The second-order valence-electron chi connectivity index (χ2n) is 8.24. The molecule has 1 aromatic carbocycles. The predicted molar refractivity (Wildman–Crippen MR) is 121 cm³/mol. The molecule has 3 heterocycles. The van der Waals surface area contributed by atoms with Crippen molar-refractivity contribution in [2.75, 3.05) is 34.4 Å². The Morgan fingerprint density at radius 3 is 2.59 bits per heavy atom. The van der Waals surface area contributed by atoms with Crippen molar-refractivity contribution in [2.45, 2.75) is 44.4 Å². The third-order valence-corrected chi connectivity index (χ3v) is 9.10. The largest absolute Gasteiger partial charge is 0.370 e. The maximum Gasteiger partial charge on any atom is 0.250 e. The molecule has 3 aliphatic rings. The maximum absolute atomic E-state index is 12.4. The Labute approximate surface area is 181 Å². The average Bonchev–Trinajstić information content (AvgIpc) is 3.13. The summed E-state index contributed by atoms with van der Waals surface area (Å²) in [5.41, 5.74) is 1.89. The molecule has 0 N–H and O–H groups in total. The first-order chi connectivity index (χ1) is 13.7. The molecule has 3 saturated heterocycles. The molecule has 0 unspecified atom stereocenters. The van der Waals surface area contributed by atoms with Crippen LogP contribution in [0.1, 0.15) is 33.1 Å². The first-order valence-electron chi connectivity index (χ1n) is 10.1. The molecule has 6 nitrogen and oxygen atoms in total. The molecular weight excluding hydrogens is 430 g/mol. The summed E-state index contributed by atoms with van der Waals surface area (Å²) in [5, 5.41) is 1.14. The molecule has 3 fully saturated rings. The quantitative estimate of drug-likeness (QED) is 0.693. The van der Waals surface area contributed by atoms with Crippen LogP contribution in [0.3, 0.4) is 0 Å². The minimum absolute atomic E-state index is 0.0849. The average molecular weight is 456 g/mol. The Morgan fingerprint density at radius 2 is 1.90 bits per heavy atom. The van der Waals surface area contributed by atoms with Crippen LogP contribution in [0.2, 0.25) is 5.02 Å². The summed E-state index contributed by atoms with van der Waals surface area (Å²) in [6.07, 6.45) is 3.45. The summed E-state index contributed by atoms with van der Waals surface area (Å²) in [6.45, 7) is 5.53. The number of sulfone groups is 1. The lowest BCUT2D eigenvalue weighted by Gasteiger charge is -2.34. The van der Waals surface area contributed by atoms with Gasteiger partial charge in [-0.15, -0.1) is 0 Å². The Morgan fingerprint density at radius 1 is 1.17 bits per heavy atom. The van der Waals surface area contributed by atoms with E-state index in [4.69, 9.17) is 11.6 Å². The van der Waals surface area contributed by atoms with Gasteiger partial charge in [0.05, 0.1) is 28.9 Å². The summed E-state index contributed by atoms with van der Waals surface area (Å²) in [7, 11) is -3.10. The van der Waals surface area contributed by atoms with E-state index < -0.39 is 9.84 Å². The third kappa shape index (κ3) is 4.30. The fourth-order valence-electron chi connectivity index (χ4n) is 4.16. The van der Waals surface area contributed by atoms with Crippen LogP contribution in [0.25, 0.3) is 0 Å². The van der Waals surface area contributed by atoms with Crippen LogP contribution in [0.4, 0.5) is 11.4 Å². The summed E-state index contributed by atoms with van der Waals surface area (Å²) in [4.78, 5) is 21.1. The van der Waals surface area contributed by atoms with Crippen molar-refractivity contribution in [3.8, 4) is 0 Å². The zero-order valence-corrected chi connectivity index (χ0v) is 19.1. The highest BCUT2D eigenvalue weighted by Crippen LogP contribution is 2.45. The molecule has 158 valence electrons. The Balaban J connectivity index is 1.79. The van der Waals surface area contributed by atoms with E-state index in [0.29, 0.717) is 10.2 Å². The van der Waals surface area contributed by atoms with E-state index in [1.807, 2.05) is 36.9 Å². The number of amides is 1. The van der Waals surface area contributed by atoms with Gasteiger partial charge < -0.3 is 9.80 Å². The molecule has 3 aliphatic heterocycles. The number of halogens is 1. The van der Waals surface area contributed by atoms with Crippen LogP contribution >= 0.6 is 23.4 Å². The van der Waals surface area contributed by atoms with Crippen molar-refractivity contribution in [3.05, 3.63) is 23.2 Å². The number of hydrogen-bond donors (Lipinski definition) is 0. The van der Waals surface area contributed by atoms with Crippen LogP contribution in [0.5, 0.6) is 0 Å². The molecule has 9 heteroatoms. The minimum Gasteiger partial charge on any atom is -0.370 e. The molecule has 0 saturated carbocycles. The highest BCUT2D eigenvalue weighted by Gasteiger charge is 2.50. The summed E-state index contributed by atoms with van der Waals surface area (Å²) >= 11 is 7.75. The van der Waals surface area contributed by atoms with E-state index >= 15 is 0 Å². The van der Waals surface area contributed by atoms with E-state index in [1.54, 1.807) is 0 Å². The number of amidine groups is 1. The highest BCUT2D eigenvalue weighted by atomic mass is 35.5. The fraction of sp³-hybridized carbons (Fsp3) is 0.600. The molecule has 1 aromatic rings. The fourth-order valence-corrected chi connectivity index (χ4v) is 8.24. The van der Waals surface area contributed by atoms with E-state index in [9.17, 15) is 13.2 Å². The van der Waals surface area contributed by atoms with Gasteiger partial charge in [-0.25, -0.2) is 8.42 Å². The van der Waals surface area contributed by atoms with Crippen molar-refractivity contribution in [2.24, 2.45) is 10.9 Å². The minimum atomic E-state index is -3.10.